The van der Waals surface area contributed by atoms with Crippen molar-refractivity contribution in [2.24, 2.45) is 0 Å². The van der Waals surface area contributed by atoms with E-state index in [-0.39, 0.29) is 41.1 Å². The van der Waals surface area contributed by atoms with Gasteiger partial charge in [0.05, 0.1) is 42.4 Å². The number of benzene rings is 1. The Labute approximate surface area is 185 Å². The van der Waals surface area contributed by atoms with Crippen LogP contribution in [-0.4, -0.2) is 53.9 Å². The maximum Gasteiger partial charge on any atom is 0.434 e. The summed E-state index contributed by atoms with van der Waals surface area (Å²) in [4.78, 5) is 23.6. The fraction of sp³-hybridized carbons (Fsp3) is 0.381. The van der Waals surface area contributed by atoms with Gasteiger partial charge in [0.15, 0.2) is 11.5 Å². The molecule has 1 aromatic carbocycles. The SMILES string of the molecule is Cc1ccc(C(=O)N2C3CCC2C(Nc2cnc(C(F)(F)F)cn2)C3)c(-n2nccn2)c1F. The van der Waals surface area contributed by atoms with Crippen LogP contribution in [-0.2, 0) is 6.18 Å². The second-order valence-corrected chi connectivity index (χ2v) is 8.19. The molecule has 0 spiro atoms. The Bertz CT molecular complexity index is 1180. The molecule has 0 radical (unpaired) electrons. The number of anilines is 1. The molecule has 2 saturated heterocycles. The van der Waals surface area contributed by atoms with E-state index in [4.69, 9.17) is 0 Å². The minimum Gasteiger partial charge on any atom is -0.364 e. The van der Waals surface area contributed by atoms with Crippen LogP contribution in [0.25, 0.3) is 5.69 Å². The summed E-state index contributed by atoms with van der Waals surface area (Å²) in [6.45, 7) is 1.60. The molecule has 2 bridgehead atoms. The Morgan fingerprint density at radius 1 is 1.12 bits per heavy atom. The Hall–Kier alpha value is -3.57. The number of halogens is 4. The maximum absolute atomic E-state index is 15.0. The molecule has 5 rings (SSSR count). The summed E-state index contributed by atoms with van der Waals surface area (Å²) < 4.78 is 53.2. The lowest BCUT2D eigenvalue weighted by atomic mass is 9.95. The van der Waals surface area contributed by atoms with Gasteiger partial charge in [0, 0.05) is 6.04 Å². The number of amides is 1. The van der Waals surface area contributed by atoms with Crippen LogP contribution in [0.1, 0.15) is 40.9 Å². The molecule has 1 N–H and O–H groups in total. The molecule has 3 unspecified atom stereocenters. The van der Waals surface area contributed by atoms with Gasteiger partial charge in [-0.25, -0.2) is 14.4 Å². The molecule has 2 fully saturated rings. The number of nitrogens with one attached hydrogen (secondary N) is 1. The first-order chi connectivity index (χ1) is 15.7. The van der Waals surface area contributed by atoms with Gasteiger partial charge in [-0.05, 0) is 37.8 Å². The number of aromatic nitrogens is 5. The molecule has 3 atom stereocenters. The largest absolute Gasteiger partial charge is 0.434 e. The third-order valence-corrected chi connectivity index (χ3v) is 6.21. The number of nitrogens with zero attached hydrogens (tertiary/aromatic N) is 6. The van der Waals surface area contributed by atoms with Crippen molar-refractivity contribution >= 4 is 11.7 Å². The second-order valence-electron chi connectivity index (χ2n) is 8.19. The quantitative estimate of drug-likeness (QED) is 0.600. The number of fused-ring (bicyclic) bond motifs is 2. The number of alkyl halides is 3. The van der Waals surface area contributed by atoms with E-state index in [1.807, 2.05) is 0 Å². The monoisotopic (exact) mass is 461 g/mol. The van der Waals surface area contributed by atoms with Crippen molar-refractivity contribution in [1.82, 2.24) is 29.9 Å². The van der Waals surface area contributed by atoms with Crippen LogP contribution in [0.2, 0.25) is 0 Å². The first kappa shape index (κ1) is 21.3. The van der Waals surface area contributed by atoms with E-state index in [1.165, 1.54) is 12.4 Å². The van der Waals surface area contributed by atoms with Gasteiger partial charge in [-0.2, -0.15) is 23.4 Å². The van der Waals surface area contributed by atoms with Crippen molar-refractivity contribution in [2.75, 3.05) is 5.32 Å². The van der Waals surface area contributed by atoms with Gasteiger partial charge >= 0.3 is 6.18 Å². The normalized spacial score (nSPS) is 22.1. The van der Waals surface area contributed by atoms with E-state index in [0.717, 1.165) is 17.4 Å². The average Bonchev–Trinajstić information content (AvgIpc) is 3.51. The molecule has 8 nitrogen and oxygen atoms in total. The molecular formula is C21H19F4N7O. The highest BCUT2D eigenvalue weighted by atomic mass is 19.4. The lowest BCUT2D eigenvalue weighted by Gasteiger charge is -2.26. The Morgan fingerprint density at radius 2 is 1.88 bits per heavy atom. The van der Waals surface area contributed by atoms with Crippen molar-refractivity contribution < 1.29 is 22.4 Å². The number of rotatable bonds is 4. The summed E-state index contributed by atoms with van der Waals surface area (Å²) in [7, 11) is 0. The summed E-state index contributed by atoms with van der Waals surface area (Å²) in [6, 6.07) is 2.61. The van der Waals surface area contributed by atoms with Crippen LogP contribution in [0.4, 0.5) is 23.4 Å². The van der Waals surface area contributed by atoms with Crippen molar-refractivity contribution in [2.45, 2.75) is 50.5 Å². The predicted molar refractivity (Wildman–Crippen MR) is 108 cm³/mol. The van der Waals surface area contributed by atoms with Gasteiger partial charge in [0.1, 0.15) is 11.5 Å². The fourth-order valence-electron chi connectivity index (χ4n) is 4.70. The van der Waals surface area contributed by atoms with Gasteiger partial charge in [0.2, 0.25) is 0 Å². The topological polar surface area (TPSA) is 88.8 Å². The lowest BCUT2D eigenvalue weighted by Crippen LogP contribution is -2.40. The van der Waals surface area contributed by atoms with E-state index >= 15 is 0 Å². The highest BCUT2D eigenvalue weighted by Crippen LogP contribution is 2.40. The summed E-state index contributed by atoms with van der Waals surface area (Å²) in [5.74, 6) is -0.703. The van der Waals surface area contributed by atoms with Crippen LogP contribution >= 0.6 is 0 Å². The third kappa shape index (κ3) is 3.68. The standard InChI is InChI=1S/C21H19F4N7O/c1-11-2-4-13(19(18(11)22)32-28-6-7-29-32)20(33)31-12-3-5-15(31)14(8-12)30-17-10-26-16(9-27-17)21(23,24)25/h2,4,6-7,9-10,12,14-15H,3,5,8H2,1H3,(H,27,30). The zero-order valence-electron chi connectivity index (χ0n) is 17.4. The van der Waals surface area contributed by atoms with Gasteiger partial charge in [-0.1, -0.05) is 6.07 Å². The number of hydrogen-bond donors (Lipinski definition) is 1. The van der Waals surface area contributed by atoms with E-state index in [1.54, 1.807) is 24.0 Å². The number of aryl methyl sites for hydroxylation is 1. The van der Waals surface area contributed by atoms with E-state index < -0.39 is 17.7 Å². The first-order valence-corrected chi connectivity index (χ1v) is 10.4. The van der Waals surface area contributed by atoms with E-state index in [9.17, 15) is 22.4 Å². The Balaban J connectivity index is 1.40. The molecule has 33 heavy (non-hydrogen) atoms. The van der Waals surface area contributed by atoms with Crippen molar-refractivity contribution in [1.29, 1.82) is 0 Å². The molecule has 4 heterocycles. The highest BCUT2D eigenvalue weighted by molar-refractivity contribution is 5.98. The lowest BCUT2D eigenvalue weighted by molar-refractivity contribution is -0.141. The van der Waals surface area contributed by atoms with Crippen LogP contribution in [0, 0.1) is 12.7 Å². The molecule has 0 aliphatic carbocycles. The number of carbonyl (C=O) groups excluding carboxylic acids is 1. The van der Waals surface area contributed by atoms with Gasteiger partial charge in [0.25, 0.3) is 5.91 Å². The van der Waals surface area contributed by atoms with Crippen molar-refractivity contribution in [3.05, 3.63) is 59.6 Å². The van der Waals surface area contributed by atoms with Crippen LogP contribution in [0.15, 0.2) is 36.9 Å². The molecule has 0 saturated carbocycles. The third-order valence-electron chi connectivity index (χ3n) is 6.21. The molecule has 172 valence electrons. The zero-order chi connectivity index (χ0) is 23.3. The van der Waals surface area contributed by atoms with Crippen LogP contribution in [0.3, 0.4) is 0 Å². The molecule has 12 heteroatoms. The minimum absolute atomic E-state index is 0.00517. The molecule has 3 aromatic rings. The fourth-order valence-corrected chi connectivity index (χ4v) is 4.70. The Morgan fingerprint density at radius 3 is 2.55 bits per heavy atom. The molecule has 1 amide bonds. The molecular weight excluding hydrogens is 442 g/mol. The van der Waals surface area contributed by atoms with Gasteiger partial charge in [-0.3, -0.25) is 4.79 Å². The summed E-state index contributed by atoms with van der Waals surface area (Å²) >= 11 is 0. The molecule has 2 aromatic heterocycles. The van der Waals surface area contributed by atoms with Gasteiger partial charge in [-0.15, -0.1) is 4.80 Å². The number of hydrogen-bond acceptors (Lipinski definition) is 6. The summed E-state index contributed by atoms with van der Waals surface area (Å²) in [5, 5.41) is 11.1. The summed E-state index contributed by atoms with van der Waals surface area (Å²) in [6.07, 6.45) is 2.06. The van der Waals surface area contributed by atoms with Crippen LogP contribution in [0.5, 0.6) is 0 Å². The first-order valence-electron chi connectivity index (χ1n) is 10.4. The second kappa shape index (κ2) is 7.78. The highest BCUT2D eigenvalue weighted by Gasteiger charge is 2.49. The predicted octanol–water partition coefficient (Wildman–Crippen LogP) is 3.38. The minimum atomic E-state index is -4.56. The summed E-state index contributed by atoms with van der Waals surface area (Å²) in [5.41, 5.74) is -0.557. The van der Waals surface area contributed by atoms with Crippen molar-refractivity contribution in [3.63, 3.8) is 0 Å². The van der Waals surface area contributed by atoms with E-state index in [2.05, 4.69) is 25.5 Å². The Kier molecular flexibility index (Phi) is 5.02. The molecule has 2 aliphatic heterocycles. The number of carbonyl (C=O) groups is 1. The smallest absolute Gasteiger partial charge is 0.364 e. The van der Waals surface area contributed by atoms with Crippen LogP contribution < -0.4 is 5.32 Å². The van der Waals surface area contributed by atoms with E-state index in [0.29, 0.717) is 24.6 Å². The zero-order valence-corrected chi connectivity index (χ0v) is 17.4. The van der Waals surface area contributed by atoms with Crippen molar-refractivity contribution in [3.8, 4) is 5.69 Å². The average molecular weight is 461 g/mol. The molecule has 2 aliphatic rings. The van der Waals surface area contributed by atoms with Gasteiger partial charge < -0.3 is 10.2 Å². The maximum atomic E-state index is 15.0.